The number of hydrogen-bond donors (Lipinski definition) is 1. The second-order valence-corrected chi connectivity index (χ2v) is 7.26. The summed E-state index contributed by atoms with van der Waals surface area (Å²) in [5.41, 5.74) is 0. The van der Waals surface area contributed by atoms with E-state index in [4.69, 9.17) is 0 Å². The van der Waals surface area contributed by atoms with E-state index in [1.807, 2.05) is 7.05 Å². The molecule has 0 heterocycles. The fourth-order valence-corrected chi connectivity index (χ4v) is 6.87. The second-order valence-electron chi connectivity index (χ2n) is 7.26. The van der Waals surface area contributed by atoms with Gasteiger partial charge in [0.05, 0.1) is 13.1 Å². The van der Waals surface area contributed by atoms with Gasteiger partial charge in [0.15, 0.2) is 0 Å². The third-order valence-electron chi connectivity index (χ3n) is 6.99. The number of hydrogen-bond acceptors (Lipinski definition) is 1. The van der Waals surface area contributed by atoms with E-state index in [1.165, 1.54) is 32.1 Å². The molecule has 4 aliphatic carbocycles. The Labute approximate surface area is 104 Å². The van der Waals surface area contributed by atoms with Crippen molar-refractivity contribution in [2.45, 2.75) is 45.1 Å². The van der Waals surface area contributed by atoms with E-state index in [0.717, 1.165) is 41.4 Å². The van der Waals surface area contributed by atoms with Crippen LogP contribution in [0.5, 0.6) is 0 Å². The lowest BCUT2D eigenvalue weighted by atomic mass is 9.65. The van der Waals surface area contributed by atoms with E-state index in [2.05, 4.69) is 6.92 Å². The van der Waals surface area contributed by atoms with Gasteiger partial charge in [-0.15, -0.1) is 0 Å². The number of rotatable bonds is 2. The Balaban J connectivity index is 1.68. The first kappa shape index (κ1) is 10.8. The van der Waals surface area contributed by atoms with Crippen molar-refractivity contribution >= 4 is 0 Å². The minimum absolute atomic E-state index is 0.450. The maximum Gasteiger partial charge on any atom is 0.0932 e. The zero-order valence-electron chi connectivity index (χ0n) is 11.1. The summed E-state index contributed by atoms with van der Waals surface area (Å²) in [6.07, 6.45) is 7.16. The highest BCUT2D eigenvalue weighted by atomic mass is 16.5. The van der Waals surface area contributed by atoms with E-state index >= 15 is 0 Å². The van der Waals surface area contributed by atoms with Crippen LogP contribution in [0, 0.1) is 46.6 Å². The van der Waals surface area contributed by atoms with Crippen molar-refractivity contribution in [1.29, 1.82) is 0 Å². The van der Waals surface area contributed by atoms with Gasteiger partial charge in [-0.3, -0.25) is 0 Å². The van der Waals surface area contributed by atoms with Gasteiger partial charge in [0, 0.05) is 11.8 Å². The largest absolute Gasteiger partial charge is 0.634 e. The summed E-state index contributed by atoms with van der Waals surface area (Å²) >= 11 is 0. The summed E-state index contributed by atoms with van der Waals surface area (Å²) in [5, 5.41) is 12.5. The highest BCUT2D eigenvalue weighted by molar-refractivity contribution is 5.13. The maximum absolute atomic E-state index is 12.0. The Morgan fingerprint density at radius 1 is 1.06 bits per heavy atom. The van der Waals surface area contributed by atoms with Crippen LogP contribution in [0.25, 0.3) is 0 Å². The summed E-state index contributed by atoms with van der Waals surface area (Å²) in [6, 6.07) is 0.450. The summed E-state index contributed by atoms with van der Waals surface area (Å²) in [4.78, 5) is 0. The minimum Gasteiger partial charge on any atom is -0.634 e. The molecule has 0 saturated heterocycles. The molecular weight excluding hydrogens is 210 g/mol. The Hall–Kier alpha value is -0.0800. The summed E-state index contributed by atoms with van der Waals surface area (Å²) in [5.74, 6) is 6.55. The first-order valence-corrected chi connectivity index (χ1v) is 7.72. The predicted octanol–water partition coefficient (Wildman–Crippen LogP) is 1.71. The van der Waals surface area contributed by atoms with Crippen LogP contribution in [0.2, 0.25) is 0 Å². The van der Waals surface area contributed by atoms with Crippen LogP contribution in [0.1, 0.15) is 39.0 Å². The first-order chi connectivity index (χ1) is 8.22. The van der Waals surface area contributed by atoms with E-state index in [0.29, 0.717) is 11.1 Å². The topological polar surface area (TPSA) is 27.5 Å². The summed E-state index contributed by atoms with van der Waals surface area (Å²) < 4.78 is 0. The molecule has 1 N–H and O–H groups in total. The zero-order valence-corrected chi connectivity index (χ0v) is 11.1. The molecule has 17 heavy (non-hydrogen) atoms. The van der Waals surface area contributed by atoms with Crippen molar-refractivity contribution in [3.8, 4) is 0 Å². The van der Waals surface area contributed by atoms with Crippen LogP contribution in [0.4, 0.5) is 0 Å². The van der Waals surface area contributed by atoms with Crippen LogP contribution < -0.4 is 5.06 Å². The molecule has 0 radical (unpaired) electrons. The second kappa shape index (κ2) is 3.48. The van der Waals surface area contributed by atoms with Crippen LogP contribution in [0.15, 0.2) is 0 Å². The molecule has 4 fully saturated rings. The van der Waals surface area contributed by atoms with Crippen molar-refractivity contribution in [3.05, 3.63) is 5.21 Å². The van der Waals surface area contributed by atoms with Crippen LogP contribution in [-0.2, 0) is 0 Å². The lowest BCUT2D eigenvalue weighted by Crippen LogP contribution is -3.10. The maximum atomic E-state index is 12.0. The smallest absolute Gasteiger partial charge is 0.0932 e. The zero-order chi connectivity index (χ0) is 11.7. The molecule has 0 aromatic heterocycles. The molecule has 2 heteroatoms. The molecular formula is C15H25NO. The van der Waals surface area contributed by atoms with Gasteiger partial charge < -0.3 is 10.3 Å². The SMILES string of the molecule is CCC1C2CC(C3C4CCC(C4)C23)C1[NH+](C)[O-]. The molecule has 9 unspecified atom stereocenters. The van der Waals surface area contributed by atoms with Crippen molar-refractivity contribution < 1.29 is 5.06 Å². The molecule has 0 aromatic carbocycles. The van der Waals surface area contributed by atoms with Crippen molar-refractivity contribution in [2.75, 3.05) is 7.05 Å². The standard InChI is InChI=1S/C15H25NO/c1-3-10-11-7-12(15(10)16(2)17)14-9-5-4-8(6-9)13(11)14/h8-16H,3-7H2,1-2H3. The number of nitrogens with one attached hydrogen (secondary N) is 1. The first-order valence-electron chi connectivity index (χ1n) is 7.72. The van der Waals surface area contributed by atoms with Gasteiger partial charge in [0.1, 0.15) is 0 Å². The molecule has 0 aromatic rings. The van der Waals surface area contributed by atoms with Crippen molar-refractivity contribution in [1.82, 2.24) is 0 Å². The van der Waals surface area contributed by atoms with E-state index in [1.54, 1.807) is 0 Å². The monoisotopic (exact) mass is 235 g/mol. The van der Waals surface area contributed by atoms with Crippen LogP contribution >= 0.6 is 0 Å². The third kappa shape index (κ3) is 1.19. The molecule has 96 valence electrons. The fraction of sp³-hybridized carbons (Fsp3) is 1.00. The molecule has 9 atom stereocenters. The average molecular weight is 235 g/mol. The van der Waals surface area contributed by atoms with Gasteiger partial charge in [-0.1, -0.05) is 6.92 Å². The lowest BCUT2D eigenvalue weighted by molar-refractivity contribution is -0.864. The van der Waals surface area contributed by atoms with Gasteiger partial charge in [-0.2, -0.15) is 0 Å². The molecule has 4 saturated carbocycles. The van der Waals surface area contributed by atoms with Gasteiger partial charge in [-0.05, 0) is 61.7 Å². The minimum atomic E-state index is 0.450. The highest BCUT2D eigenvalue weighted by Crippen LogP contribution is 2.68. The van der Waals surface area contributed by atoms with E-state index in [-0.39, 0.29) is 0 Å². The van der Waals surface area contributed by atoms with Gasteiger partial charge in [-0.25, -0.2) is 0 Å². The third-order valence-corrected chi connectivity index (χ3v) is 6.99. The Morgan fingerprint density at radius 3 is 2.29 bits per heavy atom. The Bertz CT molecular complexity index is 327. The van der Waals surface area contributed by atoms with Crippen molar-refractivity contribution in [3.63, 3.8) is 0 Å². The van der Waals surface area contributed by atoms with Crippen molar-refractivity contribution in [2.24, 2.45) is 41.4 Å². The lowest BCUT2D eigenvalue weighted by Gasteiger charge is -2.45. The molecule has 4 aliphatic rings. The number of hydroxylamine groups is 2. The highest BCUT2D eigenvalue weighted by Gasteiger charge is 2.66. The quantitative estimate of drug-likeness (QED) is 0.572. The predicted molar refractivity (Wildman–Crippen MR) is 67.2 cm³/mol. The van der Waals surface area contributed by atoms with E-state index in [9.17, 15) is 5.21 Å². The Morgan fingerprint density at radius 2 is 1.71 bits per heavy atom. The van der Waals surface area contributed by atoms with Gasteiger partial charge in [0.2, 0.25) is 0 Å². The number of fused-ring (bicyclic) bond motifs is 9. The molecule has 4 rings (SSSR count). The van der Waals surface area contributed by atoms with E-state index < -0.39 is 0 Å². The number of quaternary nitrogens is 1. The van der Waals surface area contributed by atoms with Gasteiger partial charge >= 0.3 is 0 Å². The average Bonchev–Trinajstić information content (AvgIpc) is 3.03. The molecule has 0 aliphatic heterocycles. The molecule has 0 spiro atoms. The van der Waals surface area contributed by atoms with Gasteiger partial charge in [0.25, 0.3) is 0 Å². The van der Waals surface area contributed by atoms with Crippen LogP contribution in [-0.4, -0.2) is 13.1 Å². The fourth-order valence-electron chi connectivity index (χ4n) is 6.87. The summed E-state index contributed by atoms with van der Waals surface area (Å²) in [6.45, 7) is 2.31. The molecule has 0 amide bonds. The van der Waals surface area contributed by atoms with Crippen LogP contribution in [0.3, 0.4) is 0 Å². The molecule has 2 nitrogen and oxygen atoms in total. The Kier molecular flexibility index (Phi) is 2.21. The summed E-state index contributed by atoms with van der Waals surface area (Å²) in [7, 11) is 1.86. The molecule has 4 bridgehead atoms. The normalized spacial score (nSPS) is 60.9.